The number of halogens is 1. The van der Waals surface area contributed by atoms with Crippen LogP contribution in [-0.2, 0) is 6.54 Å². The molecule has 3 heterocycles. The van der Waals surface area contributed by atoms with Crippen LogP contribution in [-0.4, -0.2) is 43.6 Å². The summed E-state index contributed by atoms with van der Waals surface area (Å²) in [5, 5.41) is 8.70. The smallest absolute Gasteiger partial charge is 0.257 e. The van der Waals surface area contributed by atoms with Crippen LogP contribution in [0.4, 0.5) is 5.82 Å². The molecule has 0 unspecified atom stereocenters. The van der Waals surface area contributed by atoms with Gasteiger partial charge in [-0.1, -0.05) is 41.4 Å². The van der Waals surface area contributed by atoms with Crippen molar-refractivity contribution in [1.82, 2.24) is 24.5 Å². The van der Waals surface area contributed by atoms with Gasteiger partial charge in [0.25, 0.3) is 5.78 Å². The number of hydrogen-bond acceptors (Lipinski definition) is 6. The molecule has 4 aromatic rings. The predicted molar refractivity (Wildman–Crippen MR) is 135 cm³/mol. The molecule has 5 rings (SSSR count). The van der Waals surface area contributed by atoms with E-state index in [2.05, 4.69) is 64.3 Å². The van der Waals surface area contributed by atoms with Gasteiger partial charge in [0.15, 0.2) is 0 Å². The van der Waals surface area contributed by atoms with Gasteiger partial charge >= 0.3 is 0 Å². The van der Waals surface area contributed by atoms with E-state index in [1.165, 1.54) is 17.5 Å². The fraction of sp³-hybridized carbons (Fsp3) is 0.346. The van der Waals surface area contributed by atoms with Crippen molar-refractivity contribution in [1.29, 1.82) is 0 Å². The lowest BCUT2D eigenvalue weighted by atomic mass is 10.0. The Labute approximate surface area is 204 Å². The number of aromatic nitrogens is 4. The number of benzene rings is 2. The summed E-state index contributed by atoms with van der Waals surface area (Å²) < 4.78 is 7.99. The highest BCUT2D eigenvalue weighted by atomic mass is 35.5. The predicted octanol–water partition coefficient (Wildman–Crippen LogP) is 5.57. The molecule has 2 aromatic heterocycles. The van der Waals surface area contributed by atoms with Gasteiger partial charge in [-0.05, 0) is 62.4 Å². The number of nitrogens with zero attached hydrogens (tertiary/aromatic N) is 5. The summed E-state index contributed by atoms with van der Waals surface area (Å²) in [5.41, 5.74) is 4.64. The van der Waals surface area contributed by atoms with E-state index in [1.807, 2.05) is 24.3 Å². The Morgan fingerprint density at radius 3 is 2.56 bits per heavy atom. The molecule has 0 atom stereocenters. The third-order valence-corrected chi connectivity index (χ3v) is 6.50. The van der Waals surface area contributed by atoms with Gasteiger partial charge in [0.05, 0.1) is 0 Å². The molecular formula is C26H29ClN6O. The van der Waals surface area contributed by atoms with Gasteiger partial charge in [-0.3, -0.25) is 4.90 Å². The number of likely N-dealkylation sites (tertiary alicyclic amines) is 1. The SMILES string of the molecule is Cc1cc(C)c(Oc2cc(NC3CCN(Cc4cccc(Cl)c4)CC3)nc3ncnn23)c(C)c1. The second kappa shape index (κ2) is 9.60. The van der Waals surface area contributed by atoms with E-state index in [-0.39, 0.29) is 0 Å². The normalized spacial score (nSPS) is 15.1. The minimum Gasteiger partial charge on any atom is -0.438 e. The second-order valence-electron chi connectivity index (χ2n) is 9.11. The van der Waals surface area contributed by atoms with E-state index in [4.69, 9.17) is 16.3 Å². The summed E-state index contributed by atoms with van der Waals surface area (Å²) >= 11 is 6.14. The van der Waals surface area contributed by atoms with Crippen LogP contribution < -0.4 is 10.1 Å². The molecule has 34 heavy (non-hydrogen) atoms. The van der Waals surface area contributed by atoms with E-state index >= 15 is 0 Å². The molecule has 1 aliphatic rings. The second-order valence-corrected chi connectivity index (χ2v) is 9.54. The fourth-order valence-electron chi connectivity index (χ4n) is 4.70. The maximum atomic E-state index is 6.35. The van der Waals surface area contributed by atoms with Gasteiger partial charge in [-0.15, -0.1) is 0 Å². The zero-order valence-corrected chi connectivity index (χ0v) is 20.5. The highest BCUT2D eigenvalue weighted by Crippen LogP contribution is 2.31. The van der Waals surface area contributed by atoms with Crippen molar-refractivity contribution in [3.8, 4) is 11.6 Å². The van der Waals surface area contributed by atoms with Crippen molar-refractivity contribution < 1.29 is 4.74 Å². The largest absolute Gasteiger partial charge is 0.438 e. The van der Waals surface area contributed by atoms with Gasteiger partial charge in [0.1, 0.15) is 17.9 Å². The average Bonchev–Trinajstić information content (AvgIpc) is 3.26. The molecule has 176 valence electrons. The lowest BCUT2D eigenvalue weighted by Crippen LogP contribution is -2.38. The van der Waals surface area contributed by atoms with Gasteiger partial charge < -0.3 is 10.1 Å². The maximum Gasteiger partial charge on any atom is 0.257 e. The molecule has 1 aliphatic heterocycles. The summed E-state index contributed by atoms with van der Waals surface area (Å²) in [7, 11) is 0. The molecule has 2 aromatic carbocycles. The summed E-state index contributed by atoms with van der Waals surface area (Å²) in [4.78, 5) is 11.4. The van der Waals surface area contributed by atoms with Gasteiger partial charge in [-0.2, -0.15) is 19.6 Å². The Hall–Kier alpha value is -3.16. The van der Waals surface area contributed by atoms with Gasteiger partial charge in [0.2, 0.25) is 5.88 Å². The molecule has 0 radical (unpaired) electrons. The van der Waals surface area contributed by atoms with E-state index < -0.39 is 0 Å². The van der Waals surface area contributed by atoms with E-state index in [9.17, 15) is 0 Å². The van der Waals surface area contributed by atoms with Crippen molar-refractivity contribution >= 4 is 23.2 Å². The van der Waals surface area contributed by atoms with Crippen LogP contribution in [0.1, 0.15) is 35.1 Å². The number of hydrogen-bond donors (Lipinski definition) is 1. The minimum atomic E-state index is 0.337. The number of anilines is 1. The van der Waals surface area contributed by atoms with Gasteiger partial charge in [0, 0.05) is 36.8 Å². The van der Waals surface area contributed by atoms with Crippen LogP contribution in [0.15, 0.2) is 48.8 Å². The Kier molecular flexibility index (Phi) is 6.39. The molecule has 1 saturated heterocycles. The molecule has 8 heteroatoms. The Morgan fingerprint density at radius 1 is 1.06 bits per heavy atom. The number of fused-ring (bicyclic) bond motifs is 1. The van der Waals surface area contributed by atoms with Crippen molar-refractivity contribution in [3.05, 3.63) is 76.1 Å². The van der Waals surface area contributed by atoms with Crippen LogP contribution in [0.25, 0.3) is 5.78 Å². The molecule has 0 aliphatic carbocycles. The van der Waals surface area contributed by atoms with Crippen molar-refractivity contribution in [2.45, 2.75) is 46.2 Å². The third kappa shape index (κ3) is 5.00. The topological polar surface area (TPSA) is 67.6 Å². The Balaban J connectivity index is 1.29. The molecule has 7 nitrogen and oxygen atoms in total. The maximum absolute atomic E-state index is 6.35. The quantitative estimate of drug-likeness (QED) is 0.392. The van der Waals surface area contributed by atoms with Crippen LogP contribution in [0.3, 0.4) is 0 Å². The minimum absolute atomic E-state index is 0.337. The molecule has 0 spiro atoms. The summed E-state index contributed by atoms with van der Waals surface area (Å²) in [6, 6.07) is 14.6. The Morgan fingerprint density at radius 2 is 1.82 bits per heavy atom. The van der Waals surface area contributed by atoms with Crippen LogP contribution in [0.5, 0.6) is 11.6 Å². The lowest BCUT2D eigenvalue weighted by molar-refractivity contribution is 0.211. The summed E-state index contributed by atoms with van der Waals surface area (Å²) in [6.07, 6.45) is 3.57. The first-order valence-corrected chi connectivity index (χ1v) is 12.0. The number of ether oxygens (including phenoxy) is 1. The monoisotopic (exact) mass is 476 g/mol. The average molecular weight is 477 g/mol. The summed E-state index contributed by atoms with van der Waals surface area (Å²) in [6.45, 7) is 9.17. The van der Waals surface area contributed by atoms with Crippen molar-refractivity contribution in [3.63, 3.8) is 0 Å². The third-order valence-electron chi connectivity index (χ3n) is 6.27. The zero-order valence-electron chi connectivity index (χ0n) is 19.8. The van der Waals surface area contributed by atoms with Crippen LogP contribution in [0.2, 0.25) is 5.02 Å². The van der Waals surface area contributed by atoms with E-state index in [0.717, 1.165) is 60.2 Å². The van der Waals surface area contributed by atoms with Crippen LogP contribution in [0, 0.1) is 20.8 Å². The molecule has 1 N–H and O–H groups in total. The highest BCUT2D eigenvalue weighted by Gasteiger charge is 2.21. The first-order valence-electron chi connectivity index (χ1n) is 11.6. The van der Waals surface area contributed by atoms with Crippen LogP contribution >= 0.6 is 11.6 Å². The first kappa shape index (κ1) is 22.6. The summed E-state index contributed by atoms with van der Waals surface area (Å²) in [5.74, 6) is 2.71. The Bertz CT molecular complexity index is 1290. The number of aryl methyl sites for hydroxylation is 3. The number of nitrogens with one attached hydrogen (secondary N) is 1. The standard InChI is InChI=1S/C26H29ClN6O/c1-17-11-18(2)25(19(3)12-17)34-24-14-23(31-26-28-16-29-33(24)26)30-22-7-9-32(10-8-22)15-20-5-4-6-21(27)13-20/h4-6,11-14,16,22H,7-10,15H2,1-3H3,(H,28,29,30,31). The fourth-order valence-corrected chi connectivity index (χ4v) is 4.92. The number of rotatable bonds is 6. The van der Waals surface area contributed by atoms with E-state index in [0.29, 0.717) is 17.7 Å². The van der Waals surface area contributed by atoms with Gasteiger partial charge in [-0.25, -0.2) is 0 Å². The van der Waals surface area contributed by atoms with Crippen molar-refractivity contribution in [2.24, 2.45) is 0 Å². The molecule has 0 amide bonds. The number of piperidine rings is 1. The first-order chi connectivity index (χ1) is 16.4. The lowest BCUT2D eigenvalue weighted by Gasteiger charge is -2.32. The van der Waals surface area contributed by atoms with Crippen molar-refractivity contribution in [2.75, 3.05) is 18.4 Å². The molecular weight excluding hydrogens is 448 g/mol. The van der Waals surface area contributed by atoms with E-state index in [1.54, 1.807) is 4.52 Å². The molecule has 0 saturated carbocycles. The molecule has 0 bridgehead atoms. The zero-order chi connectivity index (χ0) is 23.7. The highest BCUT2D eigenvalue weighted by molar-refractivity contribution is 6.30. The molecule has 1 fully saturated rings.